The number of rotatable bonds is 5. The lowest BCUT2D eigenvalue weighted by atomic mass is 10.2. The number of halogens is 1. The van der Waals surface area contributed by atoms with Crippen LogP contribution in [0.25, 0.3) is 0 Å². The van der Waals surface area contributed by atoms with Crippen LogP contribution in [-0.4, -0.2) is 7.11 Å². The highest BCUT2D eigenvalue weighted by Gasteiger charge is 2.00. The second kappa shape index (κ2) is 5.75. The van der Waals surface area contributed by atoms with Gasteiger partial charge >= 0.3 is 0 Å². The molecule has 1 N–H and O–H groups in total. The Hall–Kier alpha value is -1.45. The first-order valence-electron chi connectivity index (χ1n) is 5.34. The van der Waals surface area contributed by atoms with Gasteiger partial charge in [0.2, 0.25) is 0 Å². The van der Waals surface area contributed by atoms with Crippen LogP contribution in [0, 0.1) is 0 Å². The summed E-state index contributed by atoms with van der Waals surface area (Å²) in [6.45, 7) is 1.23. The number of benzene rings is 1. The quantitative estimate of drug-likeness (QED) is 0.880. The molecule has 0 saturated heterocycles. The van der Waals surface area contributed by atoms with Crippen LogP contribution in [0.15, 0.2) is 40.8 Å². The molecule has 17 heavy (non-hydrogen) atoms. The summed E-state index contributed by atoms with van der Waals surface area (Å²) < 4.78 is 10.3. The summed E-state index contributed by atoms with van der Waals surface area (Å²) in [7, 11) is 1.69. The summed E-state index contributed by atoms with van der Waals surface area (Å²) in [6, 6.07) is 11.7. The molecule has 1 aromatic heterocycles. The molecule has 1 aromatic carbocycles. The van der Waals surface area contributed by atoms with E-state index < -0.39 is 0 Å². The molecule has 0 aliphatic heterocycles. The molecule has 0 amide bonds. The molecule has 1 heterocycles. The monoisotopic (exact) mass is 251 g/mol. The van der Waals surface area contributed by atoms with E-state index >= 15 is 0 Å². The van der Waals surface area contributed by atoms with Crippen molar-refractivity contribution < 1.29 is 9.15 Å². The maximum atomic E-state index is 5.70. The van der Waals surface area contributed by atoms with Gasteiger partial charge in [-0.2, -0.15) is 0 Å². The van der Waals surface area contributed by atoms with Crippen LogP contribution in [0.1, 0.15) is 11.3 Å². The van der Waals surface area contributed by atoms with Gasteiger partial charge in [0.1, 0.15) is 5.76 Å². The number of anilines is 1. The molecule has 0 saturated carbocycles. The molecule has 0 unspecified atom stereocenters. The Kier molecular flexibility index (Phi) is 4.07. The zero-order valence-corrected chi connectivity index (χ0v) is 10.3. The third kappa shape index (κ3) is 3.51. The van der Waals surface area contributed by atoms with E-state index in [1.165, 1.54) is 0 Å². The number of ether oxygens (including phenoxy) is 1. The molecule has 90 valence electrons. The average Bonchev–Trinajstić information content (AvgIpc) is 2.74. The topological polar surface area (TPSA) is 34.4 Å². The molecule has 0 bridgehead atoms. The van der Waals surface area contributed by atoms with Crippen LogP contribution in [-0.2, 0) is 17.9 Å². The standard InChI is InChI=1S/C13H14ClNO2/c1-16-9-10-3-2-4-11(7-10)15-8-12-5-6-13(14)17-12/h2-7,15H,8-9H2,1H3. The minimum absolute atomic E-state index is 0.412. The van der Waals surface area contributed by atoms with Crippen molar-refractivity contribution in [3.8, 4) is 0 Å². The zero-order valence-electron chi connectivity index (χ0n) is 9.57. The number of nitrogens with one attached hydrogen (secondary N) is 1. The van der Waals surface area contributed by atoms with Gasteiger partial charge in [-0.1, -0.05) is 12.1 Å². The van der Waals surface area contributed by atoms with Crippen molar-refractivity contribution in [1.29, 1.82) is 0 Å². The first-order chi connectivity index (χ1) is 8.28. The van der Waals surface area contributed by atoms with Gasteiger partial charge in [0.05, 0.1) is 13.2 Å². The molecule has 0 atom stereocenters. The first kappa shape index (κ1) is 12.0. The van der Waals surface area contributed by atoms with E-state index in [-0.39, 0.29) is 0 Å². The highest BCUT2D eigenvalue weighted by molar-refractivity contribution is 6.28. The molecule has 4 heteroatoms. The lowest BCUT2D eigenvalue weighted by Gasteiger charge is -2.06. The van der Waals surface area contributed by atoms with Gasteiger partial charge in [-0.15, -0.1) is 0 Å². The van der Waals surface area contributed by atoms with Crippen LogP contribution >= 0.6 is 11.6 Å². The summed E-state index contributed by atoms with van der Waals surface area (Å²) in [4.78, 5) is 0. The number of hydrogen-bond donors (Lipinski definition) is 1. The summed E-state index contributed by atoms with van der Waals surface area (Å²) in [5.41, 5.74) is 2.17. The minimum atomic E-state index is 0.412. The summed E-state index contributed by atoms with van der Waals surface area (Å²) >= 11 is 5.70. The van der Waals surface area contributed by atoms with Gasteiger partial charge in [0.25, 0.3) is 0 Å². The molecule has 0 radical (unpaired) electrons. The Morgan fingerprint density at radius 1 is 1.29 bits per heavy atom. The Balaban J connectivity index is 1.96. The number of furan rings is 1. The predicted molar refractivity (Wildman–Crippen MR) is 68.2 cm³/mol. The number of methoxy groups -OCH3 is 1. The van der Waals surface area contributed by atoms with Crippen LogP contribution in [0.4, 0.5) is 5.69 Å². The number of hydrogen-bond acceptors (Lipinski definition) is 3. The van der Waals surface area contributed by atoms with Crippen molar-refractivity contribution in [2.24, 2.45) is 0 Å². The molecular formula is C13H14ClNO2. The average molecular weight is 252 g/mol. The van der Waals surface area contributed by atoms with Crippen molar-refractivity contribution in [2.75, 3.05) is 12.4 Å². The fourth-order valence-corrected chi connectivity index (χ4v) is 1.74. The van der Waals surface area contributed by atoms with Crippen LogP contribution in [0.5, 0.6) is 0 Å². The lowest BCUT2D eigenvalue weighted by molar-refractivity contribution is 0.185. The second-order valence-electron chi connectivity index (χ2n) is 3.69. The van der Waals surface area contributed by atoms with E-state index in [2.05, 4.69) is 5.32 Å². The van der Waals surface area contributed by atoms with Gasteiger partial charge in [0.15, 0.2) is 5.22 Å². The minimum Gasteiger partial charge on any atom is -0.448 e. The fourth-order valence-electron chi connectivity index (χ4n) is 1.57. The van der Waals surface area contributed by atoms with E-state index in [9.17, 15) is 0 Å². The van der Waals surface area contributed by atoms with Crippen molar-refractivity contribution in [3.63, 3.8) is 0 Å². The summed E-state index contributed by atoms with van der Waals surface area (Å²) in [5, 5.41) is 3.68. The van der Waals surface area contributed by atoms with Gasteiger partial charge in [-0.3, -0.25) is 0 Å². The summed E-state index contributed by atoms with van der Waals surface area (Å²) in [5.74, 6) is 0.812. The lowest BCUT2D eigenvalue weighted by Crippen LogP contribution is -1.98. The third-order valence-electron chi connectivity index (χ3n) is 2.33. The maximum Gasteiger partial charge on any atom is 0.193 e. The normalized spacial score (nSPS) is 10.5. The van der Waals surface area contributed by atoms with Crippen LogP contribution in [0.2, 0.25) is 5.22 Å². The van der Waals surface area contributed by atoms with E-state index in [1.807, 2.05) is 30.3 Å². The van der Waals surface area contributed by atoms with Gasteiger partial charge in [-0.05, 0) is 41.4 Å². The first-order valence-corrected chi connectivity index (χ1v) is 5.71. The Labute approximate surface area is 105 Å². The molecular weight excluding hydrogens is 238 g/mol. The molecule has 0 aliphatic rings. The second-order valence-corrected chi connectivity index (χ2v) is 4.07. The van der Waals surface area contributed by atoms with E-state index in [0.29, 0.717) is 18.4 Å². The Bertz CT molecular complexity index is 482. The highest BCUT2D eigenvalue weighted by Crippen LogP contribution is 2.16. The van der Waals surface area contributed by atoms with E-state index in [1.54, 1.807) is 13.2 Å². The fraction of sp³-hybridized carbons (Fsp3) is 0.231. The molecule has 0 spiro atoms. The van der Waals surface area contributed by atoms with E-state index in [4.69, 9.17) is 20.8 Å². The largest absolute Gasteiger partial charge is 0.448 e. The summed E-state index contributed by atoms with van der Waals surface area (Å²) in [6.07, 6.45) is 0. The van der Waals surface area contributed by atoms with Gasteiger partial charge in [0, 0.05) is 12.8 Å². The van der Waals surface area contributed by atoms with E-state index in [0.717, 1.165) is 17.0 Å². The predicted octanol–water partition coefficient (Wildman–Crippen LogP) is 3.69. The molecule has 0 fully saturated rings. The maximum absolute atomic E-state index is 5.70. The SMILES string of the molecule is COCc1cccc(NCc2ccc(Cl)o2)c1. The van der Waals surface area contributed by atoms with Crippen molar-refractivity contribution >= 4 is 17.3 Å². The highest BCUT2D eigenvalue weighted by atomic mass is 35.5. The van der Waals surface area contributed by atoms with Crippen LogP contribution < -0.4 is 5.32 Å². The van der Waals surface area contributed by atoms with Crippen molar-refractivity contribution in [3.05, 3.63) is 52.9 Å². The molecule has 3 nitrogen and oxygen atoms in total. The molecule has 2 aromatic rings. The van der Waals surface area contributed by atoms with Gasteiger partial charge < -0.3 is 14.5 Å². The third-order valence-corrected chi connectivity index (χ3v) is 2.54. The van der Waals surface area contributed by atoms with Crippen molar-refractivity contribution in [2.45, 2.75) is 13.2 Å². The van der Waals surface area contributed by atoms with Crippen LogP contribution in [0.3, 0.4) is 0 Å². The van der Waals surface area contributed by atoms with Gasteiger partial charge in [-0.25, -0.2) is 0 Å². The Morgan fingerprint density at radius 3 is 2.88 bits per heavy atom. The van der Waals surface area contributed by atoms with Crippen molar-refractivity contribution in [1.82, 2.24) is 0 Å². The molecule has 0 aliphatic carbocycles. The smallest absolute Gasteiger partial charge is 0.193 e. The zero-order chi connectivity index (χ0) is 12.1. The Morgan fingerprint density at radius 2 is 2.18 bits per heavy atom. The molecule has 2 rings (SSSR count).